The second-order valence-electron chi connectivity index (χ2n) is 5.99. The number of benzene rings is 1. The fourth-order valence-electron chi connectivity index (χ4n) is 2.88. The highest BCUT2D eigenvalue weighted by atomic mass is 16.5. The summed E-state index contributed by atoms with van der Waals surface area (Å²) in [6.45, 7) is 7.22. The summed E-state index contributed by atoms with van der Waals surface area (Å²) < 4.78 is 5.51. The van der Waals surface area contributed by atoms with Gasteiger partial charge in [0.2, 0.25) is 0 Å². The molecule has 1 saturated carbocycles. The van der Waals surface area contributed by atoms with Crippen LogP contribution >= 0.6 is 0 Å². The fraction of sp³-hybridized carbons (Fsp3) is 0.625. The van der Waals surface area contributed by atoms with E-state index in [1.165, 1.54) is 19.3 Å². The van der Waals surface area contributed by atoms with Crippen LogP contribution in [-0.4, -0.2) is 17.8 Å². The topological polar surface area (TPSA) is 41.5 Å². The average Bonchev–Trinajstić information content (AvgIpc) is 2.71. The van der Waals surface area contributed by atoms with E-state index >= 15 is 0 Å². The number of hydrogen-bond donors (Lipinski definition) is 2. The maximum Gasteiger partial charge on any atom is 0.124 e. The minimum Gasteiger partial charge on any atom is -0.494 e. The molecule has 1 aliphatic rings. The van der Waals surface area contributed by atoms with E-state index in [1.807, 2.05) is 25.1 Å². The molecule has 0 amide bonds. The van der Waals surface area contributed by atoms with Crippen LogP contribution in [0.5, 0.6) is 5.75 Å². The van der Waals surface area contributed by atoms with Crippen LogP contribution in [0.3, 0.4) is 0 Å². The van der Waals surface area contributed by atoms with Crippen molar-refractivity contribution in [2.45, 2.75) is 52.7 Å². The lowest BCUT2D eigenvalue weighted by Gasteiger charge is -2.29. The molecule has 3 heteroatoms. The Balaban J connectivity index is 2.13. The van der Waals surface area contributed by atoms with Crippen LogP contribution in [0.15, 0.2) is 18.2 Å². The molecule has 106 valence electrons. The summed E-state index contributed by atoms with van der Waals surface area (Å²) in [4.78, 5) is 0. The van der Waals surface area contributed by atoms with Crippen LogP contribution in [-0.2, 0) is 6.61 Å². The molecule has 0 radical (unpaired) electrons. The van der Waals surface area contributed by atoms with E-state index in [4.69, 9.17) is 4.74 Å². The van der Waals surface area contributed by atoms with Crippen LogP contribution in [0, 0.1) is 5.41 Å². The van der Waals surface area contributed by atoms with Gasteiger partial charge in [0.15, 0.2) is 0 Å². The second-order valence-corrected chi connectivity index (χ2v) is 5.99. The van der Waals surface area contributed by atoms with E-state index in [1.54, 1.807) is 0 Å². The molecule has 2 N–H and O–H groups in total. The minimum absolute atomic E-state index is 0.0128. The Kier molecular flexibility index (Phi) is 4.35. The third-order valence-electron chi connectivity index (χ3n) is 4.13. The SMILES string of the molecule is CCOc1ccc(NC2CCCC2(C)C)cc1CO. The highest BCUT2D eigenvalue weighted by molar-refractivity contribution is 5.52. The third-order valence-corrected chi connectivity index (χ3v) is 4.13. The van der Waals surface area contributed by atoms with Crippen molar-refractivity contribution in [3.63, 3.8) is 0 Å². The number of hydrogen-bond acceptors (Lipinski definition) is 3. The van der Waals surface area contributed by atoms with E-state index in [0.717, 1.165) is 17.0 Å². The van der Waals surface area contributed by atoms with Gasteiger partial charge in [0.05, 0.1) is 13.2 Å². The number of nitrogens with one attached hydrogen (secondary N) is 1. The Hall–Kier alpha value is -1.22. The van der Waals surface area contributed by atoms with Crippen molar-refractivity contribution >= 4 is 5.69 Å². The van der Waals surface area contributed by atoms with Gasteiger partial charge in [0, 0.05) is 17.3 Å². The third kappa shape index (κ3) is 3.21. The smallest absolute Gasteiger partial charge is 0.124 e. The summed E-state index contributed by atoms with van der Waals surface area (Å²) >= 11 is 0. The first kappa shape index (κ1) is 14.2. The van der Waals surface area contributed by atoms with E-state index in [9.17, 15) is 5.11 Å². The van der Waals surface area contributed by atoms with Gasteiger partial charge in [-0.05, 0) is 43.4 Å². The Labute approximate surface area is 116 Å². The molecule has 1 aromatic rings. The molecule has 2 rings (SSSR count). The second kappa shape index (κ2) is 5.83. The summed E-state index contributed by atoms with van der Waals surface area (Å²) in [7, 11) is 0. The molecular weight excluding hydrogens is 238 g/mol. The van der Waals surface area contributed by atoms with E-state index in [2.05, 4.69) is 19.2 Å². The van der Waals surface area contributed by atoms with Crippen LogP contribution in [0.1, 0.15) is 45.6 Å². The number of rotatable bonds is 5. The van der Waals surface area contributed by atoms with Gasteiger partial charge >= 0.3 is 0 Å². The van der Waals surface area contributed by atoms with E-state index in [-0.39, 0.29) is 6.61 Å². The number of aliphatic hydroxyl groups is 1. The lowest BCUT2D eigenvalue weighted by atomic mass is 9.87. The quantitative estimate of drug-likeness (QED) is 0.853. The standard InChI is InChI=1S/C16H25NO2/c1-4-19-14-8-7-13(10-12(14)11-18)17-15-6-5-9-16(15,2)3/h7-8,10,15,17-18H,4-6,9,11H2,1-3H3. The largest absolute Gasteiger partial charge is 0.494 e. The highest BCUT2D eigenvalue weighted by Crippen LogP contribution is 2.39. The molecule has 0 bridgehead atoms. The Morgan fingerprint density at radius 3 is 2.79 bits per heavy atom. The zero-order chi connectivity index (χ0) is 13.9. The van der Waals surface area contributed by atoms with Crippen molar-refractivity contribution in [2.24, 2.45) is 5.41 Å². The first-order valence-corrected chi connectivity index (χ1v) is 7.20. The zero-order valence-corrected chi connectivity index (χ0v) is 12.2. The molecule has 1 aromatic carbocycles. The fourth-order valence-corrected chi connectivity index (χ4v) is 2.88. The van der Waals surface area contributed by atoms with Gasteiger partial charge in [-0.1, -0.05) is 20.3 Å². The summed E-state index contributed by atoms with van der Waals surface area (Å²) in [6, 6.07) is 6.49. The molecule has 0 spiro atoms. The Morgan fingerprint density at radius 2 is 2.21 bits per heavy atom. The number of anilines is 1. The van der Waals surface area contributed by atoms with E-state index < -0.39 is 0 Å². The van der Waals surface area contributed by atoms with Crippen molar-refractivity contribution in [2.75, 3.05) is 11.9 Å². The maximum absolute atomic E-state index is 9.43. The van der Waals surface area contributed by atoms with Gasteiger partial charge in [0.25, 0.3) is 0 Å². The molecule has 1 fully saturated rings. The molecule has 0 heterocycles. The van der Waals surface area contributed by atoms with Crippen molar-refractivity contribution in [1.29, 1.82) is 0 Å². The first-order chi connectivity index (χ1) is 9.06. The summed E-state index contributed by atoms with van der Waals surface area (Å²) in [5.74, 6) is 0.779. The van der Waals surface area contributed by atoms with Crippen molar-refractivity contribution < 1.29 is 9.84 Å². The number of ether oxygens (including phenoxy) is 1. The molecule has 1 aliphatic carbocycles. The van der Waals surface area contributed by atoms with Crippen LogP contribution in [0.2, 0.25) is 0 Å². The van der Waals surface area contributed by atoms with E-state index in [0.29, 0.717) is 18.1 Å². The first-order valence-electron chi connectivity index (χ1n) is 7.20. The average molecular weight is 263 g/mol. The summed E-state index contributed by atoms with van der Waals surface area (Å²) in [5, 5.41) is 13.0. The Morgan fingerprint density at radius 1 is 1.42 bits per heavy atom. The predicted molar refractivity (Wildman–Crippen MR) is 78.6 cm³/mol. The number of aliphatic hydroxyl groups excluding tert-OH is 1. The van der Waals surface area contributed by atoms with Crippen molar-refractivity contribution in [3.8, 4) is 5.75 Å². The highest BCUT2D eigenvalue weighted by Gasteiger charge is 2.34. The maximum atomic E-state index is 9.43. The molecule has 3 nitrogen and oxygen atoms in total. The molecular formula is C16H25NO2. The summed E-state index contributed by atoms with van der Waals surface area (Å²) in [5.41, 5.74) is 2.27. The minimum atomic E-state index is 0.0128. The van der Waals surface area contributed by atoms with Gasteiger partial charge in [-0.25, -0.2) is 0 Å². The molecule has 0 aliphatic heterocycles. The van der Waals surface area contributed by atoms with Gasteiger partial charge < -0.3 is 15.2 Å². The normalized spacial score (nSPS) is 21.4. The Bertz CT molecular complexity index is 429. The summed E-state index contributed by atoms with van der Waals surface area (Å²) in [6.07, 6.45) is 3.78. The van der Waals surface area contributed by atoms with Crippen LogP contribution < -0.4 is 10.1 Å². The molecule has 0 saturated heterocycles. The van der Waals surface area contributed by atoms with Crippen molar-refractivity contribution in [3.05, 3.63) is 23.8 Å². The molecule has 0 aromatic heterocycles. The van der Waals surface area contributed by atoms with Crippen molar-refractivity contribution in [1.82, 2.24) is 0 Å². The monoisotopic (exact) mass is 263 g/mol. The van der Waals surface area contributed by atoms with Gasteiger partial charge in [-0.15, -0.1) is 0 Å². The zero-order valence-electron chi connectivity index (χ0n) is 12.2. The van der Waals surface area contributed by atoms with Crippen LogP contribution in [0.25, 0.3) is 0 Å². The van der Waals surface area contributed by atoms with Gasteiger partial charge in [0.1, 0.15) is 5.75 Å². The van der Waals surface area contributed by atoms with Gasteiger partial charge in [-0.2, -0.15) is 0 Å². The predicted octanol–water partition coefficient (Wildman–Crippen LogP) is 3.57. The molecule has 1 atom stereocenters. The molecule has 19 heavy (non-hydrogen) atoms. The lowest BCUT2D eigenvalue weighted by Crippen LogP contribution is -2.30. The van der Waals surface area contributed by atoms with Gasteiger partial charge in [-0.3, -0.25) is 0 Å². The molecule has 1 unspecified atom stereocenters. The van der Waals surface area contributed by atoms with Crippen LogP contribution in [0.4, 0.5) is 5.69 Å². The lowest BCUT2D eigenvalue weighted by molar-refractivity contribution is 0.267.